The highest BCUT2D eigenvalue weighted by Crippen LogP contribution is 2.10. The Hall–Kier alpha value is -0.0800. The van der Waals surface area contributed by atoms with Gasteiger partial charge in [-0.2, -0.15) is 0 Å². The zero-order valence-electron chi connectivity index (χ0n) is 7.03. The molecule has 0 aromatic carbocycles. The molecule has 0 bridgehead atoms. The normalized spacial score (nSPS) is 25.5. The summed E-state index contributed by atoms with van der Waals surface area (Å²) in [6, 6.07) is 0.851. The van der Waals surface area contributed by atoms with Crippen molar-refractivity contribution in [2.24, 2.45) is 0 Å². The van der Waals surface area contributed by atoms with Crippen LogP contribution in [0.4, 0.5) is 0 Å². The summed E-state index contributed by atoms with van der Waals surface area (Å²) in [5.41, 5.74) is 0. The first-order valence-corrected chi connectivity index (χ1v) is 4.17. The molecule has 0 saturated carbocycles. The Morgan fingerprint density at radius 3 is 2.70 bits per heavy atom. The van der Waals surface area contributed by atoms with Crippen molar-refractivity contribution in [3.8, 4) is 0 Å². The number of piperidine rings is 1. The quantitative estimate of drug-likeness (QED) is 0.623. The van der Waals surface area contributed by atoms with Gasteiger partial charge in [-0.05, 0) is 25.8 Å². The van der Waals surface area contributed by atoms with Gasteiger partial charge in [0, 0.05) is 6.04 Å². The van der Waals surface area contributed by atoms with E-state index in [2.05, 4.69) is 12.2 Å². The molecule has 1 rings (SSSR count). The Balaban J connectivity index is 0.000000810. The fourth-order valence-electron chi connectivity index (χ4n) is 1.52. The summed E-state index contributed by atoms with van der Waals surface area (Å²) in [6.07, 6.45) is 6.95. The van der Waals surface area contributed by atoms with Crippen molar-refractivity contribution in [3.05, 3.63) is 0 Å². The van der Waals surface area contributed by atoms with Crippen LogP contribution in [0.1, 0.15) is 39.0 Å². The van der Waals surface area contributed by atoms with Crippen LogP contribution in [0.25, 0.3) is 0 Å². The zero-order chi connectivity index (χ0) is 6.53. The second-order valence-corrected chi connectivity index (χ2v) is 2.94. The molecule has 0 aliphatic carbocycles. The van der Waals surface area contributed by atoms with Crippen LogP contribution in [-0.4, -0.2) is 12.6 Å². The van der Waals surface area contributed by atoms with E-state index in [0.717, 1.165) is 6.04 Å². The van der Waals surface area contributed by atoms with Crippen LogP contribution in [0.3, 0.4) is 0 Å². The van der Waals surface area contributed by atoms with Gasteiger partial charge in [-0.15, -0.1) is 0 Å². The van der Waals surface area contributed by atoms with E-state index in [1.165, 1.54) is 38.6 Å². The van der Waals surface area contributed by atoms with Crippen molar-refractivity contribution in [2.75, 3.05) is 6.54 Å². The summed E-state index contributed by atoms with van der Waals surface area (Å²) in [7, 11) is 0. The van der Waals surface area contributed by atoms with Gasteiger partial charge in [0.1, 0.15) is 0 Å². The SMILES string of the molecule is CCCC1CCCCN1.N. The van der Waals surface area contributed by atoms with Crippen LogP contribution in [0.2, 0.25) is 0 Å². The fraction of sp³-hybridized carbons (Fsp3) is 1.00. The van der Waals surface area contributed by atoms with Gasteiger partial charge in [-0.25, -0.2) is 0 Å². The monoisotopic (exact) mass is 144 g/mol. The van der Waals surface area contributed by atoms with Gasteiger partial charge in [0.2, 0.25) is 0 Å². The molecule has 2 heteroatoms. The molecular weight excluding hydrogens is 124 g/mol. The number of hydrogen-bond donors (Lipinski definition) is 2. The summed E-state index contributed by atoms with van der Waals surface area (Å²) < 4.78 is 0. The third-order valence-electron chi connectivity index (χ3n) is 2.05. The van der Waals surface area contributed by atoms with Crippen LogP contribution in [0, 0.1) is 0 Å². The van der Waals surface area contributed by atoms with Gasteiger partial charge in [0.15, 0.2) is 0 Å². The summed E-state index contributed by atoms with van der Waals surface area (Å²) >= 11 is 0. The molecule has 4 N–H and O–H groups in total. The molecule has 2 nitrogen and oxygen atoms in total. The Kier molecular flexibility index (Phi) is 5.64. The van der Waals surface area contributed by atoms with Crippen LogP contribution < -0.4 is 11.5 Å². The van der Waals surface area contributed by atoms with Crippen LogP contribution in [0.15, 0.2) is 0 Å². The number of nitrogens with one attached hydrogen (secondary N) is 1. The fourth-order valence-corrected chi connectivity index (χ4v) is 1.52. The van der Waals surface area contributed by atoms with Gasteiger partial charge in [0.25, 0.3) is 0 Å². The average Bonchev–Trinajstić information content (AvgIpc) is 1.91. The summed E-state index contributed by atoms with van der Waals surface area (Å²) in [5, 5.41) is 3.52. The van der Waals surface area contributed by atoms with Crippen molar-refractivity contribution >= 4 is 0 Å². The first kappa shape index (κ1) is 9.92. The second-order valence-electron chi connectivity index (χ2n) is 2.94. The van der Waals surface area contributed by atoms with Crippen LogP contribution in [0.5, 0.6) is 0 Å². The van der Waals surface area contributed by atoms with Gasteiger partial charge < -0.3 is 11.5 Å². The lowest BCUT2D eigenvalue weighted by Crippen LogP contribution is -2.33. The first-order chi connectivity index (χ1) is 4.43. The van der Waals surface area contributed by atoms with E-state index < -0.39 is 0 Å². The second kappa shape index (κ2) is 5.69. The van der Waals surface area contributed by atoms with Crippen LogP contribution >= 0.6 is 0 Å². The van der Waals surface area contributed by atoms with Crippen molar-refractivity contribution in [1.82, 2.24) is 11.5 Å². The van der Waals surface area contributed by atoms with Crippen molar-refractivity contribution in [3.63, 3.8) is 0 Å². The summed E-state index contributed by atoms with van der Waals surface area (Å²) in [6.45, 7) is 3.51. The molecule has 1 unspecified atom stereocenters. The minimum Gasteiger partial charge on any atom is -0.344 e. The number of hydrogen-bond acceptors (Lipinski definition) is 2. The molecule has 1 aliphatic rings. The van der Waals surface area contributed by atoms with E-state index >= 15 is 0 Å². The molecule has 1 atom stereocenters. The van der Waals surface area contributed by atoms with E-state index in [9.17, 15) is 0 Å². The molecule has 1 aliphatic heterocycles. The van der Waals surface area contributed by atoms with E-state index in [1.807, 2.05) is 0 Å². The highest BCUT2D eigenvalue weighted by atomic mass is 14.9. The Morgan fingerprint density at radius 1 is 1.40 bits per heavy atom. The van der Waals surface area contributed by atoms with Gasteiger partial charge in [-0.1, -0.05) is 19.8 Å². The molecule has 0 spiro atoms. The maximum absolute atomic E-state index is 3.52. The van der Waals surface area contributed by atoms with Crippen molar-refractivity contribution < 1.29 is 0 Å². The molecule has 0 radical (unpaired) electrons. The Morgan fingerprint density at radius 2 is 2.20 bits per heavy atom. The van der Waals surface area contributed by atoms with Crippen molar-refractivity contribution in [1.29, 1.82) is 0 Å². The van der Waals surface area contributed by atoms with Crippen molar-refractivity contribution in [2.45, 2.75) is 45.1 Å². The predicted octanol–water partition coefficient (Wildman–Crippen LogP) is 2.09. The maximum atomic E-state index is 3.52. The third kappa shape index (κ3) is 3.18. The van der Waals surface area contributed by atoms with E-state index in [1.54, 1.807) is 0 Å². The molecule has 1 saturated heterocycles. The lowest BCUT2D eigenvalue weighted by Gasteiger charge is -2.22. The molecule has 1 fully saturated rings. The minimum absolute atomic E-state index is 0. The summed E-state index contributed by atoms with van der Waals surface area (Å²) in [4.78, 5) is 0. The standard InChI is InChI=1S/C8H17N.H3N/c1-2-5-8-6-3-4-7-9-8;/h8-9H,2-7H2,1H3;1H3. The smallest absolute Gasteiger partial charge is 0.00669 e. The van der Waals surface area contributed by atoms with Crippen LogP contribution in [-0.2, 0) is 0 Å². The maximum Gasteiger partial charge on any atom is 0.00669 e. The molecular formula is C8H20N2. The third-order valence-corrected chi connectivity index (χ3v) is 2.05. The Bertz CT molecular complexity index is 64.9. The predicted molar refractivity (Wildman–Crippen MR) is 45.6 cm³/mol. The van der Waals surface area contributed by atoms with Gasteiger partial charge >= 0.3 is 0 Å². The van der Waals surface area contributed by atoms with Gasteiger partial charge in [0.05, 0.1) is 0 Å². The lowest BCUT2D eigenvalue weighted by molar-refractivity contribution is 0.380. The highest BCUT2D eigenvalue weighted by Gasteiger charge is 2.09. The largest absolute Gasteiger partial charge is 0.344 e. The van der Waals surface area contributed by atoms with E-state index in [-0.39, 0.29) is 6.15 Å². The zero-order valence-corrected chi connectivity index (χ0v) is 7.03. The molecule has 1 heterocycles. The molecule has 62 valence electrons. The molecule has 0 amide bonds. The lowest BCUT2D eigenvalue weighted by atomic mass is 10.0. The molecule has 0 aromatic heterocycles. The van der Waals surface area contributed by atoms with E-state index in [4.69, 9.17) is 0 Å². The Labute approximate surface area is 64.0 Å². The minimum atomic E-state index is 0. The van der Waals surface area contributed by atoms with E-state index in [0.29, 0.717) is 0 Å². The highest BCUT2D eigenvalue weighted by molar-refractivity contribution is 4.70. The average molecular weight is 144 g/mol. The number of rotatable bonds is 2. The topological polar surface area (TPSA) is 47.0 Å². The molecule has 10 heavy (non-hydrogen) atoms. The molecule has 0 aromatic rings. The first-order valence-electron chi connectivity index (χ1n) is 4.17. The summed E-state index contributed by atoms with van der Waals surface area (Å²) in [5.74, 6) is 0. The van der Waals surface area contributed by atoms with Gasteiger partial charge in [-0.3, -0.25) is 0 Å².